The summed E-state index contributed by atoms with van der Waals surface area (Å²) >= 11 is 0. The number of hydrogen-bond acceptors (Lipinski definition) is 3. The highest BCUT2D eigenvalue weighted by Crippen LogP contribution is 2.26. The van der Waals surface area contributed by atoms with Gasteiger partial charge < -0.3 is 16.2 Å². The monoisotopic (exact) mass is 272 g/mol. The molecule has 0 aromatic rings. The third-order valence-corrected chi connectivity index (χ3v) is 3.41. The quantitative estimate of drug-likeness (QED) is 0.565. The van der Waals surface area contributed by atoms with Crippen molar-refractivity contribution in [1.29, 1.82) is 0 Å². The maximum absolute atomic E-state index is 11.8. The molecule has 1 atom stereocenters. The first-order valence-electron chi connectivity index (χ1n) is 6.98. The van der Waals surface area contributed by atoms with E-state index in [1.54, 1.807) is 0 Å². The summed E-state index contributed by atoms with van der Waals surface area (Å²) in [6.07, 6.45) is 3.26. The normalized spacial score (nSPS) is 13.1. The first-order chi connectivity index (χ1) is 8.78. The van der Waals surface area contributed by atoms with Crippen molar-refractivity contribution in [3.63, 3.8) is 0 Å². The Morgan fingerprint density at radius 1 is 1.32 bits per heavy atom. The standard InChI is InChI=1S/C14H28N2O3/c1-11(5-4-9-15)13(19)16-10-8-14(2,3)7-6-12(17)18/h11H,4-10,15H2,1-3H3,(H,16,19)(H,17,18). The summed E-state index contributed by atoms with van der Waals surface area (Å²) in [6, 6.07) is 0. The van der Waals surface area contributed by atoms with Crippen LogP contribution in [-0.2, 0) is 9.59 Å². The van der Waals surface area contributed by atoms with Crippen LogP contribution in [0, 0.1) is 11.3 Å². The summed E-state index contributed by atoms with van der Waals surface area (Å²) in [7, 11) is 0. The second kappa shape index (κ2) is 8.91. The Morgan fingerprint density at radius 2 is 1.95 bits per heavy atom. The predicted molar refractivity (Wildman–Crippen MR) is 75.7 cm³/mol. The molecule has 4 N–H and O–H groups in total. The van der Waals surface area contributed by atoms with E-state index in [2.05, 4.69) is 5.32 Å². The molecule has 1 amide bonds. The zero-order valence-corrected chi connectivity index (χ0v) is 12.4. The molecule has 19 heavy (non-hydrogen) atoms. The van der Waals surface area contributed by atoms with Crippen LogP contribution in [0.25, 0.3) is 0 Å². The third-order valence-electron chi connectivity index (χ3n) is 3.41. The van der Waals surface area contributed by atoms with Gasteiger partial charge in [0.15, 0.2) is 0 Å². The number of carbonyl (C=O) groups is 2. The molecule has 0 aliphatic rings. The van der Waals surface area contributed by atoms with Gasteiger partial charge in [0.25, 0.3) is 0 Å². The van der Waals surface area contributed by atoms with Gasteiger partial charge in [-0.1, -0.05) is 20.8 Å². The van der Waals surface area contributed by atoms with Crippen LogP contribution in [0.15, 0.2) is 0 Å². The fraction of sp³-hybridized carbons (Fsp3) is 0.857. The molecule has 0 aromatic heterocycles. The van der Waals surface area contributed by atoms with Crippen molar-refractivity contribution in [2.45, 2.75) is 52.9 Å². The number of carbonyl (C=O) groups excluding carboxylic acids is 1. The number of aliphatic carboxylic acids is 1. The van der Waals surface area contributed by atoms with E-state index < -0.39 is 5.97 Å². The number of nitrogens with two attached hydrogens (primary N) is 1. The maximum atomic E-state index is 11.8. The predicted octanol–water partition coefficient (Wildman–Crippen LogP) is 1.76. The zero-order chi connectivity index (χ0) is 14.9. The Balaban J connectivity index is 3.87. The summed E-state index contributed by atoms with van der Waals surface area (Å²) in [5.74, 6) is -0.722. The van der Waals surface area contributed by atoms with Crippen LogP contribution in [0.2, 0.25) is 0 Å². The van der Waals surface area contributed by atoms with E-state index in [0.717, 1.165) is 19.3 Å². The highest BCUT2D eigenvalue weighted by Gasteiger charge is 2.20. The van der Waals surface area contributed by atoms with Gasteiger partial charge in [-0.05, 0) is 37.6 Å². The van der Waals surface area contributed by atoms with Crippen molar-refractivity contribution in [1.82, 2.24) is 5.32 Å². The maximum Gasteiger partial charge on any atom is 0.303 e. The van der Waals surface area contributed by atoms with Crippen molar-refractivity contribution in [3.8, 4) is 0 Å². The van der Waals surface area contributed by atoms with Crippen molar-refractivity contribution in [2.75, 3.05) is 13.1 Å². The summed E-state index contributed by atoms with van der Waals surface area (Å²) < 4.78 is 0. The minimum absolute atomic E-state index is 0.00863. The fourth-order valence-electron chi connectivity index (χ4n) is 1.82. The van der Waals surface area contributed by atoms with Gasteiger partial charge in [-0.25, -0.2) is 0 Å². The summed E-state index contributed by atoms with van der Waals surface area (Å²) in [6.45, 7) is 7.17. The smallest absolute Gasteiger partial charge is 0.303 e. The Hall–Kier alpha value is -1.10. The molecule has 0 aliphatic heterocycles. The first-order valence-corrected chi connectivity index (χ1v) is 6.98. The Kier molecular flexibility index (Phi) is 8.39. The molecule has 0 fully saturated rings. The molecular formula is C14H28N2O3. The lowest BCUT2D eigenvalue weighted by Gasteiger charge is -2.24. The van der Waals surface area contributed by atoms with E-state index in [9.17, 15) is 9.59 Å². The third kappa shape index (κ3) is 9.47. The van der Waals surface area contributed by atoms with Crippen LogP contribution in [0.5, 0.6) is 0 Å². The van der Waals surface area contributed by atoms with E-state index >= 15 is 0 Å². The second-order valence-electron chi connectivity index (χ2n) is 5.93. The molecule has 0 aliphatic carbocycles. The van der Waals surface area contributed by atoms with E-state index in [1.165, 1.54) is 0 Å². The SMILES string of the molecule is CC(CCCN)C(=O)NCCC(C)(C)CCC(=O)O. The molecule has 0 radical (unpaired) electrons. The van der Waals surface area contributed by atoms with Gasteiger partial charge >= 0.3 is 5.97 Å². The lowest BCUT2D eigenvalue weighted by atomic mass is 9.84. The average molecular weight is 272 g/mol. The molecule has 0 saturated heterocycles. The molecule has 112 valence electrons. The van der Waals surface area contributed by atoms with Crippen molar-refractivity contribution < 1.29 is 14.7 Å². The van der Waals surface area contributed by atoms with Crippen LogP contribution in [0.1, 0.15) is 52.9 Å². The number of carboxylic acid groups (broad SMARTS) is 1. The molecule has 0 bridgehead atoms. The Bertz CT molecular complexity index is 290. The van der Waals surface area contributed by atoms with Crippen LogP contribution in [0.4, 0.5) is 0 Å². The molecular weight excluding hydrogens is 244 g/mol. The summed E-state index contributed by atoms with van der Waals surface area (Å²) in [5, 5.41) is 11.6. The number of rotatable bonds is 10. The molecule has 1 unspecified atom stereocenters. The van der Waals surface area contributed by atoms with Gasteiger partial charge in [-0.3, -0.25) is 9.59 Å². The van der Waals surface area contributed by atoms with E-state index in [1.807, 2.05) is 20.8 Å². The molecule has 5 nitrogen and oxygen atoms in total. The minimum Gasteiger partial charge on any atom is -0.481 e. The van der Waals surface area contributed by atoms with Crippen LogP contribution in [-0.4, -0.2) is 30.1 Å². The molecule has 0 spiro atoms. The number of nitrogens with one attached hydrogen (secondary N) is 1. The van der Waals surface area contributed by atoms with Gasteiger partial charge in [0, 0.05) is 18.9 Å². The molecule has 0 rings (SSSR count). The highest BCUT2D eigenvalue weighted by atomic mass is 16.4. The van der Waals surface area contributed by atoms with Gasteiger partial charge in [-0.15, -0.1) is 0 Å². The number of hydrogen-bond donors (Lipinski definition) is 3. The van der Waals surface area contributed by atoms with E-state index in [-0.39, 0.29) is 23.7 Å². The van der Waals surface area contributed by atoms with Gasteiger partial charge in [-0.2, -0.15) is 0 Å². The average Bonchev–Trinajstić information content (AvgIpc) is 2.33. The lowest BCUT2D eigenvalue weighted by molar-refractivity contribution is -0.137. The zero-order valence-electron chi connectivity index (χ0n) is 12.4. The van der Waals surface area contributed by atoms with Gasteiger partial charge in [0.1, 0.15) is 0 Å². The van der Waals surface area contributed by atoms with Crippen LogP contribution < -0.4 is 11.1 Å². The molecule has 5 heteroatoms. The number of amides is 1. The van der Waals surface area contributed by atoms with Crippen molar-refractivity contribution >= 4 is 11.9 Å². The largest absolute Gasteiger partial charge is 0.481 e. The van der Waals surface area contributed by atoms with Crippen LogP contribution in [0.3, 0.4) is 0 Å². The second-order valence-corrected chi connectivity index (χ2v) is 5.93. The van der Waals surface area contributed by atoms with Crippen LogP contribution >= 0.6 is 0 Å². The summed E-state index contributed by atoms with van der Waals surface area (Å²) in [5.41, 5.74) is 5.35. The van der Waals surface area contributed by atoms with E-state index in [0.29, 0.717) is 19.5 Å². The van der Waals surface area contributed by atoms with Crippen molar-refractivity contribution in [2.24, 2.45) is 17.1 Å². The van der Waals surface area contributed by atoms with Gasteiger partial charge in [0.2, 0.25) is 5.91 Å². The fourth-order valence-corrected chi connectivity index (χ4v) is 1.82. The Morgan fingerprint density at radius 3 is 2.47 bits per heavy atom. The van der Waals surface area contributed by atoms with Gasteiger partial charge in [0.05, 0.1) is 0 Å². The van der Waals surface area contributed by atoms with Crippen molar-refractivity contribution in [3.05, 3.63) is 0 Å². The highest BCUT2D eigenvalue weighted by molar-refractivity contribution is 5.78. The topological polar surface area (TPSA) is 92.4 Å². The number of carboxylic acids is 1. The first kappa shape index (κ1) is 17.9. The van der Waals surface area contributed by atoms with E-state index in [4.69, 9.17) is 10.8 Å². The minimum atomic E-state index is -0.771. The Labute approximate surface area is 115 Å². The molecule has 0 saturated carbocycles. The summed E-state index contributed by atoms with van der Waals surface area (Å²) in [4.78, 5) is 22.3. The molecule has 0 aromatic carbocycles. The molecule has 0 heterocycles. The lowest BCUT2D eigenvalue weighted by Crippen LogP contribution is -2.32.